The molecule has 0 radical (unpaired) electrons. The summed E-state index contributed by atoms with van der Waals surface area (Å²) in [5, 5.41) is 14.2. The fourth-order valence-electron chi connectivity index (χ4n) is 4.26. The molecule has 1 saturated carbocycles. The lowest BCUT2D eigenvalue weighted by Crippen LogP contribution is -2.31. The average molecular weight is 359 g/mol. The van der Waals surface area contributed by atoms with Gasteiger partial charge in [-0.15, -0.1) is 0 Å². The molecular weight excluding hydrogens is 333 g/mol. The van der Waals surface area contributed by atoms with Crippen LogP contribution in [0.15, 0.2) is 22.7 Å². The van der Waals surface area contributed by atoms with E-state index in [2.05, 4.69) is 15.0 Å². The zero-order valence-electron chi connectivity index (χ0n) is 15.2. The van der Waals surface area contributed by atoms with Crippen LogP contribution in [0, 0.1) is 18.7 Å². The van der Waals surface area contributed by atoms with Crippen molar-refractivity contribution in [3.05, 3.63) is 35.5 Å². The summed E-state index contributed by atoms with van der Waals surface area (Å²) in [7, 11) is 0. The smallest absolute Gasteiger partial charge is 0.244 e. The maximum atomic E-state index is 13.8. The molecule has 2 heterocycles. The second kappa shape index (κ2) is 7.45. The summed E-state index contributed by atoms with van der Waals surface area (Å²) < 4.78 is 19.3. The standard InChI is InChI=1S/C20H26FN3O2/c1-13-7-8-15(9-17(13)21)19-22-20(26-23-19)18-10-16(25)12-24(18)11-14-5-3-2-4-6-14/h7-9,14,16,18,25H,2-6,10-12H2,1H3. The van der Waals surface area contributed by atoms with Crippen molar-refractivity contribution in [2.24, 2.45) is 5.92 Å². The Labute approximate surface area is 153 Å². The highest BCUT2D eigenvalue weighted by Gasteiger charge is 2.37. The van der Waals surface area contributed by atoms with Crippen LogP contribution in [-0.4, -0.2) is 39.3 Å². The summed E-state index contributed by atoms with van der Waals surface area (Å²) in [6.45, 7) is 3.35. The highest BCUT2D eigenvalue weighted by molar-refractivity contribution is 5.55. The monoisotopic (exact) mass is 359 g/mol. The van der Waals surface area contributed by atoms with Crippen molar-refractivity contribution >= 4 is 0 Å². The van der Waals surface area contributed by atoms with Crippen molar-refractivity contribution in [2.45, 2.75) is 57.6 Å². The molecule has 1 aliphatic heterocycles. The second-order valence-electron chi connectivity index (χ2n) is 7.78. The van der Waals surface area contributed by atoms with Crippen LogP contribution in [-0.2, 0) is 0 Å². The van der Waals surface area contributed by atoms with E-state index in [9.17, 15) is 9.50 Å². The van der Waals surface area contributed by atoms with Gasteiger partial charge in [0.2, 0.25) is 11.7 Å². The SMILES string of the molecule is Cc1ccc(-c2noc(C3CC(O)CN3CC3CCCCC3)n2)cc1F. The molecule has 140 valence electrons. The molecule has 0 bridgehead atoms. The van der Waals surface area contributed by atoms with Crippen LogP contribution >= 0.6 is 0 Å². The molecule has 6 heteroatoms. The predicted octanol–water partition coefficient (Wildman–Crippen LogP) is 3.87. The Balaban J connectivity index is 1.51. The third-order valence-electron chi connectivity index (χ3n) is 5.76. The fraction of sp³-hybridized carbons (Fsp3) is 0.600. The van der Waals surface area contributed by atoms with Crippen molar-refractivity contribution in [3.8, 4) is 11.4 Å². The molecule has 4 rings (SSSR count). The van der Waals surface area contributed by atoms with Crippen molar-refractivity contribution in [2.75, 3.05) is 13.1 Å². The van der Waals surface area contributed by atoms with E-state index in [-0.39, 0.29) is 18.0 Å². The van der Waals surface area contributed by atoms with Gasteiger partial charge in [0.1, 0.15) is 5.82 Å². The third kappa shape index (κ3) is 3.67. The minimum atomic E-state index is -0.365. The Morgan fingerprint density at radius 3 is 2.85 bits per heavy atom. The highest BCUT2D eigenvalue weighted by atomic mass is 19.1. The van der Waals surface area contributed by atoms with E-state index in [4.69, 9.17) is 4.52 Å². The second-order valence-corrected chi connectivity index (χ2v) is 7.78. The van der Waals surface area contributed by atoms with Crippen LogP contribution < -0.4 is 0 Å². The molecular formula is C20H26FN3O2. The molecule has 1 N–H and O–H groups in total. The molecule has 1 aromatic heterocycles. The molecule has 1 aliphatic carbocycles. The molecule has 1 aromatic carbocycles. The van der Waals surface area contributed by atoms with Crippen LogP contribution in [0.5, 0.6) is 0 Å². The number of halogens is 1. The van der Waals surface area contributed by atoms with E-state index in [0.717, 1.165) is 6.54 Å². The summed E-state index contributed by atoms with van der Waals surface area (Å²) >= 11 is 0. The minimum absolute atomic E-state index is 0.0523. The van der Waals surface area contributed by atoms with Gasteiger partial charge in [-0.3, -0.25) is 4.90 Å². The van der Waals surface area contributed by atoms with E-state index in [1.54, 1.807) is 19.1 Å². The Kier molecular flexibility index (Phi) is 5.05. The van der Waals surface area contributed by atoms with E-state index < -0.39 is 0 Å². The van der Waals surface area contributed by atoms with Gasteiger partial charge in [-0.05, 0) is 43.7 Å². The maximum absolute atomic E-state index is 13.8. The summed E-state index contributed by atoms with van der Waals surface area (Å²) in [4.78, 5) is 6.80. The molecule has 2 aromatic rings. The molecule has 2 unspecified atom stereocenters. The van der Waals surface area contributed by atoms with Gasteiger partial charge in [-0.2, -0.15) is 4.98 Å². The summed E-state index contributed by atoms with van der Waals surface area (Å²) in [6, 6.07) is 4.90. The molecule has 26 heavy (non-hydrogen) atoms. The van der Waals surface area contributed by atoms with Gasteiger partial charge >= 0.3 is 0 Å². The maximum Gasteiger partial charge on any atom is 0.244 e. The highest BCUT2D eigenvalue weighted by Crippen LogP contribution is 2.35. The number of aryl methyl sites for hydroxylation is 1. The third-order valence-corrected chi connectivity index (χ3v) is 5.76. The lowest BCUT2D eigenvalue weighted by molar-refractivity contribution is 0.147. The van der Waals surface area contributed by atoms with E-state index >= 15 is 0 Å². The number of likely N-dealkylation sites (tertiary alicyclic amines) is 1. The van der Waals surface area contributed by atoms with Crippen molar-refractivity contribution in [3.63, 3.8) is 0 Å². The van der Waals surface area contributed by atoms with Gasteiger partial charge in [-0.25, -0.2) is 4.39 Å². The minimum Gasteiger partial charge on any atom is -0.392 e. The van der Waals surface area contributed by atoms with Crippen molar-refractivity contribution in [1.29, 1.82) is 0 Å². The first kappa shape index (κ1) is 17.6. The van der Waals surface area contributed by atoms with Gasteiger partial charge in [0.05, 0.1) is 12.1 Å². The first-order chi connectivity index (χ1) is 12.6. The van der Waals surface area contributed by atoms with Gasteiger partial charge in [0.25, 0.3) is 0 Å². The quantitative estimate of drug-likeness (QED) is 0.898. The molecule has 2 fully saturated rings. The van der Waals surface area contributed by atoms with E-state index in [1.807, 2.05) is 0 Å². The average Bonchev–Trinajstić information content (AvgIpc) is 3.25. The number of hydrogen-bond acceptors (Lipinski definition) is 5. The van der Waals surface area contributed by atoms with E-state index in [0.29, 0.717) is 41.7 Å². The van der Waals surface area contributed by atoms with Crippen LogP contribution in [0.2, 0.25) is 0 Å². The predicted molar refractivity (Wildman–Crippen MR) is 95.9 cm³/mol. The number of rotatable bonds is 4. The van der Waals surface area contributed by atoms with Crippen molar-refractivity contribution < 1.29 is 14.0 Å². The van der Waals surface area contributed by atoms with Gasteiger partial charge < -0.3 is 9.63 Å². The molecule has 2 atom stereocenters. The summed E-state index contributed by atoms with van der Waals surface area (Å²) in [5.41, 5.74) is 1.20. The summed E-state index contributed by atoms with van der Waals surface area (Å²) in [6.07, 6.45) is 6.70. The number of aromatic nitrogens is 2. The van der Waals surface area contributed by atoms with Gasteiger partial charge in [0, 0.05) is 18.7 Å². The number of β-amino-alcohol motifs (C(OH)–C–C–N with tert-alkyl or cyclic N) is 1. The van der Waals surface area contributed by atoms with Crippen LogP contribution in [0.1, 0.15) is 56.0 Å². The molecule has 0 spiro atoms. The largest absolute Gasteiger partial charge is 0.392 e. The number of nitrogens with zero attached hydrogens (tertiary/aromatic N) is 3. The Morgan fingerprint density at radius 2 is 2.08 bits per heavy atom. The summed E-state index contributed by atoms with van der Waals surface area (Å²) in [5.74, 6) is 1.33. The van der Waals surface area contributed by atoms with E-state index in [1.165, 1.54) is 38.2 Å². The van der Waals surface area contributed by atoms with Gasteiger partial charge in [-0.1, -0.05) is 36.6 Å². The van der Waals surface area contributed by atoms with Crippen LogP contribution in [0.3, 0.4) is 0 Å². The number of aliphatic hydroxyl groups excluding tert-OH is 1. The number of hydrogen-bond donors (Lipinski definition) is 1. The zero-order chi connectivity index (χ0) is 18.1. The number of benzene rings is 1. The lowest BCUT2D eigenvalue weighted by Gasteiger charge is -2.29. The van der Waals surface area contributed by atoms with Gasteiger partial charge in [0.15, 0.2) is 0 Å². The normalized spacial score (nSPS) is 25.0. The van der Waals surface area contributed by atoms with Crippen LogP contribution in [0.4, 0.5) is 4.39 Å². The Hall–Kier alpha value is -1.79. The van der Waals surface area contributed by atoms with Crippen LogP contribution in [0.25, 0.3) is 11.4 Å². The van der Waals surface area contributed by atoms with Crippen molar-refractivity contribution in [1.82, 2.24) is 15.0 Å². The molecule has 5 nitrogen and oxygen atoms in total. The molecule has 0 amide bonds. The zero-order valence-corrected chi connectivity index (χ0v) is 15.2. The number of aliphatic hydroxyl groups is 1. The fourth-order valence-corrected chi connectivity index (χ4v) is 4.26. The first-order valence-corrected chi connectivity index (χ1v) is 9.62. The molecule has 1 saturated heterocycles. The Bertz CT molecular complexity index is 757. The topological polar surface area (TPSA) is 62.4 Å². The molecule has 2 aliphatic rings. The lowest BCUT2D eigenvalue weighted by atomic mass is 9.89. The Morgan fingerprint density at radius 1 is 1.27 bits per heavy atom. The first-order valence-electron chi connectivity index (χ1n) is 9.62.